The predicted molar refractivity (Wildman–Crippen MR) is 152 cm³/mol. The molecule has 4 heterocycles. The fraction of sp³-hybridized carbons (Fsp3) is 0.519. The standard InChI is InChI=1S/C27H37N5O3SSi/c1-16(33)28-14-17-7-8-21-19(11-17)20(25(29-21)37(4,5)6)12-18-15-35-10-9-32(18)26-30-22-13-27(2,3)31-24(34)23(22)36-26/h7-8,11,18,29H,9-10,12-15H2,1-6H3,(H,28,33)(H,31,34)/t18-/m0/s1. The molecule has 1 aromatic carbocycles. The number of amides is 2. The topological polar surface area (TPSA) is 99.3 Å². The zero-order chi connectivity index (χ0) is 26.5. The number of nitrogens with one attached hydrogen (secondary N) is 3. The van der Waals surface area contributed by atoms with Crippen LogP contribution in [0.1, 0.15) is 47.3 Å². The van der Waals surface area contributed by atoms with E-state index in [1.807, 2.05) is 13.8 Å². The summed E-state index contributed by atoms with van der Waals surface area (Å²) in [5.74, 6) is -0.0560. The van der Waals surface area contributed by atoms with Crippen molar-refractivity contribution in [3.8, 4) is 0 Å². The Hall–Kier alpha value is -2.69. The Morgan fingerprint density at radius 1 is 1.32 bits per heavy atom. The molecule has 1 saturated heterocycles. The molecule has 3 aromatic rings. The number of rotatable bonds is 6. The van der Waals surface area contributed by atoms with Crippen LogP contribution >= 0.6 is 11.3 Å². The number of benzene rings is 1. The van der Waals surface area contributed by atoms with Gasteiger partial charge in [0.05, 0.1) is 33.0 Å². The molecule has 2 amide bonds. The number of nitrogens with zero attached hydrogens (tertiary/aromatic N) is 2. The van der Waals surface area contributed by atoms with E-state index in [1.54, 1.807) is 6.92 Å². The Bertz CT molecular complexity index is 1360. The van der Waals surface area contributed by atoms with E-state index in [9.17, 15) is 9.59 Å². The van der Waals surface area contributed by atoms with Crippen molar-refractivity contribution in [2.45, 2.75) is 71.4 Å². The first-order chi connectivity index (χ1) is 17.4. The van der Waals surface area contributed by atoms with Gasteiger partial charge in [-0.05, 0) is 43.5 Å². The van der Waals surface area contributed by atoms with Crippen molar-refractivity contribution in [2.75, 3.05) is 24.7 Å². The summed E-state index contributed by atoms with van der Waals surface area (Å²) in [6.07, 6.45) is 1.56. The van der Waals surface area contributed by atoms with Crippen molar-refractivity contribution >= 4 is 52.6 Å². The molecule has 3 N–H and O–H groups in total. The predicted octanol–water partition coefficient (Wildman–Crippen LogP) is 3.32. The zero-order valence-electron chi connectivity index (χ0n) is 22.6. The van der Waals surface area contributed by atoms with Crippen LogP contribution < -0.4 is 20.9 Å². The molecule has 1 atom stereocenters. The van der Waals surface area contributed by atoms with Gasteiger partial charge in [-0.1, -0.05) is 37.0 Å². The molecular weight excluding hydrogens is 502 g/mol. The highest BCUT2D eigenvalue weighted by molar-refractivity contribution is 7.17. The number of hydrogen-bond donors (Lipinski definition) is 3. The first kappa shape index (κ1) is 25.9. The maximum atomic E-state index is 12.8. The summed E-state index contributed by atoms with van der Waals surface area (Å²) in [7, 11) is -1.68. The number of H-pyrrole nitrogens is 1. The molecule has 0 spiro atoms. The number of hydrogen-bond acceptors (Lipinski definition) is 6. The first-order valence-corrected chi connectivity index (χ1v) is 17.3. The van der Waals surface area contributed by atoms with Crippen LogP contribution in [-0.4, -0.2) is 61.2 Å². The number of thiazole rings is 1. The highest BCUT2D eigenvalue weighted by atomic mass is 32.1. The number of fused-ring (bicyclic) bond motifs is 2. The lowest BCUT2D eigenvalue weighted by atomic mass is 9.94. The number of morpholine rings is 1. The van der Waals surface area contributed by atoms with Gasteiger partial charge >= 0.3 is 0 Å². The third kappa shape index (κ3) is 5.32. The second kappa shape index (κ2) is 9.56. The van der Waals surface area contributed by atoms with Gasteiger partial charge in [0.25, 0.3) is 5.91 Å². The minimum atomic E-state index is -1.68. The normalized spacial score (nSPS) is 19.6. The van der Waals surface area contributed by atoms with E-state index in [2.05, 4.69) is 58.4 Å². The van der Waals surface area contributed by atoms with E-state index >= 15 is 0 Å². The van der Waals surface area contributed by atoms with Gasteiger partial charge in [-0.3, -0.25) is 9.59 Å². The smallest absolute Gasteiger partial charge is 0.263 e. The Kier molecular flexibility index (Phi) is 6.70. The van der Waals surface area contributed by atoms with Crippen LogP contribution in [0.2, 0.25) is 19.6 Å². The van der Waals surface area contributed by atoms with E-state index in [1.165, 1.54) is 27.6 Å². The van der Waals surface area contributed by atoms with E-state index < -0.39 is 8.07 Å². The molecule has 2 aromatic heterocycles. The van der Waals surface area contributed by atoms with E-state index in [4.69, 9.17) is 9.72 Å². The third-order valence-electron chi connectivity index (χ3n) is 7.13. The van der Waals surface area contributed by atoms with E-state index in [0.717, 1.165) is 46.2 Å². The summed E-state index contributed by atoms with van der Waals surface area (Å²) >= 11 is 1.50. The van der Waals surface area contributed by atoms with Crippen LogP contribution in [0.25, 0.3) is 10.9 Å². The van der Waals surface area contributed by atoms with Gasteiger partial charge in [0.2, 0.25) is 5.91 Å². The molecule has 0 radical (unpaired) electrons. The van der Waals surface area contributed by atoms with Crippen LogP contribution in [0.15, 0.2) is 18.2 Å². The van der Waals surface area contributed by atoms with E-state index in [0.29, 0.717) is 19.8 Å². The summed E-state index contributed by atoms with van der Waals surface area (Å²) < 4.78 is 5.97. The van der Waals surface area contributed by atoms with Crippen molar-refractivity contribution < 1.29 is 14.3 Å². The number of aromatic amines is 1. The molecule has 2 aliphatic rings. The molecule has 5 rings (SSSR count). The summed E-state index contributed by atoms with van der Waals surface area (Å²) in [5.41, 5.74) is 4.16. The van der Waals surface area contributed by atoms with Crippen molar-refractivity contribution in [3.63, 3.8) is 0 Å². The number of carbonyl (C=O) groups is 2. The largest absolute Gasteiger partial charge is 0.377 e. The van der Waals surface area contributed by atoms with Gasteiger partial charge in [0, 0.05) is 48.2 Å². The van der Waals surface area contributed by atoms with E-state index in [-0.39, 0.29) is 23.4 Å². The molecule has 0 unspecified atom stereocenters. The van der Waals surface area contributed by atoms with Gasteiger partial charge in [0.1, 0.15) is 4.88 Å². The Balaban J connectivity index is 1.51. The summed E-state index contributed by atoms with van der Waals surface area (Å²) in [6.45, 7) is 15.2. The maximum absolute atomic E-state index is 12.8. The minimum absolute atomic E-state index is 0.0239. The molecular formula is C27H37N5O3SSi. The molecule has 1 fully saturated rings. The quantitative estimate of drug-likeness (QED) is 0.418. The lowest BCUT2D eigenvalue weighted by Crippen LogP contribution is -2.49. The minimum Gasteiger partial charge on any atom is -0.377 e. The van der Waals surface area contributed by atoms with Crippen molar-refractivity contribution in [1.29, 1.82) is 0 Å². The monoisotopic (exact) mass is 539 g/mol. The second-order valence-electron chi connectivity index (χ2n) is 11.9. The fourth-order valence-corrected chi connectivity index (χ4v) is 8.11. The highest BCUT2D eigenvalue weighted by Crippen LogP contribution is 2.34. The lowest BCUT2D eigenvalue weighted by molar-refractivity contribution is -0.119. The maximum Gasteiger partial charge on any atom is 0.263 e. The van der Waals surface area contributed by atoms with Crippen molar-refractivity contribution in [3.05, 3.63) is 39.9 Å². The van der Waals surface area contributed by atoms with Gasteiger partial charge < -0.3 is 25.3 Å². The van der Waals surface area contributed by atoms with Crippen molar-refractivity contribution in [1.82, 2.24) is 20.6 Å². The molecule has 0 saturated carbocycles. The average Bonchev–Trinajstić information content (AvgIpc) is 3.39. The molecule has 2 aliphatic heterocycles. The van der Waals surface area contributed by atoms with Gasteiger partial charge in [-0.15, -0.1) is 0 Å². The molecule has 10 heteroatoms. The average molecular weight is 540 g/mol. The fourth-order valence-electron chi connectivity index (χ4n) is 5.38. The van der Waals surface area contributed by atoms with Gasteiger partial charge in [0.15, 0.2) is 5.13 Å². The molecule has 0 aliphatic carbocycles. The third-order valence-corrected chi connectivity index (χ3v) is 10.2. The van der Waals surface area contributed by atoms with Crippen LogP contribution in [-0.2, 0) is 28.9 Å². The molecule has 198 valence electrons. The summed E-state index contributed by atoms with van der Waals surface area (Å²) in [6, 6.07) is 6.54. The lowest BCUT2D eigenvalue weighted by Gasteiger charge is -2.36. The van der Waals surface area contributed by atoms with Crippen LogP contribution in [0.3, 0.4) is 0 Å². The van der Waals surface area contributed by atoms with Crippen LogP contribution in [0.5, 0.6) is 0 Å². The Labute approximate surface area is 223 Å². The number of anilines is 1. The molecule has 0 bridgehead atoms. The van der Waals surface area contributed by atoms with Gasteiger partial charge in [-0.2, -0.15) is 0 Å². The summed E-state index contributed by atoms with van der Waals surface area (Å²) in [4.78, 5) is 36.0. The van der Waals surface area contributed by atoms with Crippen molar-refractivity contribution in [2.24, 2.45) is 0 Å². The number of ether oxygens (including phenoxy) is 1. The zero-order valence-corrected chi connectivity index (χ0v) is 24.4. The first-order valence-electron chi connectivity index (χ1n) is 13.0. The van der Waals surface area contributed by atoms with Crippen LogP contribution in [0, 0.1) is 0 Å². The Morgan fingerprint density at radius 3 is 2.84 bits per heavy atom. The number of carbonyl (C=O) groups excluding carboxylic acids is 2. The highest BCUT2D eigenvalue weighted by Gasteiger charge is 2.36. The SMILES string of the molecule is CC(=O)NCc1ccc2[nH]c([Si](C)(C)C)c(C[C@H]3COCCN3c3nc4c(s3)C(=O)NC(C)(C)C4)c2c1. The second-order valence-corrected chi connectivity index (χ2v) is 17.9. The van der Waals surface area contributed by atoms with Gasteiger partial charge in [-0.25, -0.2) is 4.98 Å². The molecule has 37 heavy (non-hydrogen) atoms. The molecule has 8 nitrogen and oxygen atoms in total. The number of aromatic nitrogens is 2. The van der Waals surface area contributed by atoms with Crippen LogP contribution in [0.4, 0.5) is 5.13 Å². The summed E-state index contributed by atoms with van der Waals surface area (Å²) in [5, 5.41) is 9.50. The Morgan fingerprint density at radius 2 is 2.11 bits per heavy atom.